The fraction of sp³-hybridized carbons (Fsp3) is 0.423. The molecule has 8 nitrogen and oxygen atoms in total. The number of fused-ring (bicyclic) bond motifs is 3. The highest BCUT2D eigenvalue weighted by Crippen LogP contribution is 2.47. The van der Waals surface area contributed by atoms with Crippen molar-refractivity contribution in [3.63, 3.8) is 0 Å². The molecule has 0 heterocycles. The Hall–Kier alpha value is -3.55. The Morgan fingerprint density at radius 3 is 2.06 bits per heavy atom. The van der Waals surface area contributed by atoms with Crippen molar-refractivity contribution in [3.05, 3.63) is 59.7 Å². The third kappa shape index (κ3) is 5.68. The number of carboxylic acids is 1. The largest absolute Gasteiger partial charge is 0.480 e. The lowest BCUT2D eigenvalue weighted by Crippen LogP contribution is -2.47. The molecule has 0 radical (unpaired) electrons. The maximum atomic E-state index is 12.9. The number of alkyl carbamates (subject to hydrolysis) is 1. The summed E-state index contributed by atoms with van der Waals surface area (Å²) in [6.07, 6.45) is 0.0152. The molecule has 182 valence electrons. The Morgan fingerprint density at radius 2 is 1.56 bits per heavy atom. The van der Waals surface area contributed by atoms with Crippen molar-refractivity contribution in [3.8, 4) is 11.1 Å². The zero-order chi connectivity index (χ0) is 24.9. The van der Waals surface area contributed by atoms with E-state index in [-0.39, 0.29) is 6.42 Å². The second kappa shape index (κ2) is 10.6. The summed E-state index contributed by atoms with van der Waals surface area (Å²) >= 11 is 0. The maximum Gasteiger partial charge on any atom is 0.411 e. The lowest BCUT2D eigenvalue weighted by atomic mass is 9.99. The standard InChI is InChI=1S/C26H32N2O6/c1-26(2,3)34-24(31)27-16-10-9-15-21(23(29)30)28(25(32)33-4)22-19-13-7-5-11-17(19)18-12-6-8-14-20(18)22/h5-8,11-14,21-22H,9-10,15-16H2,1-4H3,(H,27,31)(H,29,30)/t21-/m1/s1. The van der Waals surface area contributed by atoms with Gasteiger partial charge in [-0.2, -0.15) is 0 Å². The number of nitrogens with zero attached hydrogens (tertiary/aromatic N) is 1. The zero-order valence-corrected chi connectivity index (χ0v) is 20.0. The van der Waals surface area contributed by atoms with Crippen LogP contribution in [-0.4, -0.2) is 53.5 Å². The Balaban J connectivity index is 1.78. The Bertz CT molecular complexity index is 1000. The van der Waals surface area contributed by atoms with E-state index in [4.69, 9.17) is 9.47 Å². The highest BCUT2D eigenvalue weighted by Gasteiger charge is 2.41. The van der Waals surface area contributed by atoms with E-state index < -0.39 is 35.8 Å². The minimum Gasteiger partial charge on any atom is -0.480 e. The molecule has 0 aromatic heterocycles. The van der Waals surface area contributed by atoms with E-state index >= 15 is 0 Å². The second-order valence-corrected chi connectivity index (χ2v) is 9.23. The second-order valence-electron chi connectivity index (χ2n) is 9.23. The van der Waals surface area contributed by atoms with E-state index in [1.807, 2.05) is 48.5 Å². The number of unbranched alkanes of at least 4 members (excludes halogenated alkanes) is 1. The number of hydrogen-bond donors (Lipinski definition) is 2. The molecule has 2 N–H and O–H groups in total. The molecule has 0 unspecified atom stereocenters. The van der Waals surface area contributed by atoms with Gasteiger partial charge in [0.2, 0.25) is 0 Å². The van der Waals surface area contributed by atoms with Gasteiger partial charge in [0.05, 0.1) is 13.2 Å². The van der Waals surface area contributed by atoms with E-state index in [1.165, 1.54) is 12.0 Å². The molecule has 34 heavy (non-hydrogen) atoms. The molecule has 1 aliphatic carbocycles. The van der Waals surface area contributed by atoms with Crippen molar-refractivity contribution in [2.45, 2.75) is 57.7 Å². The predicted octanol–water partition coefficient (Wildman–Crippen LogP) is 4.97. The van der Waals surface area contributed by atoms with Crippen molar-refractivity contribution in [1.82, 2.24) is 10.2 Å². The average molecular weight is 469 g/mol. The number of ether oxygens (including phenoxy) is 2. The molecule has 1 aliphatic rings. The summed E-state index contributed by atoms with van der Waals surface area (Å²) in [7, 11) is 1.26. The number of rotatable bonds is 8. The van der Waals surface area contributed by atoms with Gasteiger partial charge in [-0.15, -0.1) is 0 Å². The third-order valence-corrected chi connectivity index (χ3v) is 5.66. The van der Waals surface area contributed by atoms with E-state index in [9.17, 15) is 19.5 Å². The number of benzene rings is 2. The van der Waals surface area contributed by atoms with Crippen LogP contribution in [0.3, 0.4) is 0 Å². The number of carbonyl (C=O) groups excluding carboxylic acids is 2. The van der Waals surface area contributed by atoms with E-state index in [0.717, 1.165) is 22.3 Å². The summed E-state index contributed by atoms with van der Waals surface area (Å²) in [5, 5.41) is 12.8. The molecular formula is C26H32N2O6. The molecule has 0 spiro atoms. The van der Waals surface area contributed by atoms with Crippen LogP contribution < -0.4 is 5.32 Å². The van der Waals surface area contributed by atoms with Crippen molar-refractivity contribution in [1.29, 1.82) is 0 Å². The predicted molar refractivity (Wildman–Crippen MR) is 127 cm³/mol. The Morgan fingerprint density at radius 1 is 1.00 bits per heavy atom. The topological polar surface area (TPSA) is 105 Å². The summed E-state index contributed by atoms with van der Waals surface area (Å²) in [6, 6.07) is 13.7. The first kappa shape index (κ1) is 25.1. The van der Waals surface area contributed by atoms with Crippen LogP contribution in [0.15, 0.2) is 48.5 Å². The molecule has 8 heteroatoms. The molecule has 2 aromatic rings. The maximum absolute atomic E-state index is 12.9. The Labute approximate surface area is 199 Å². The van der Waals surface area contributed by atoms with Gasteiger partial charge < -0.3 is 19.9 Å². The normalized spacial score (nSPS) is 13.4. The fourth-order valence-corrected chi connectivity index (χ4v) is 4.30. The number of carboxylic acid groups (broad SMARTS) is 1. The summed E-state index contributed by atoms with van der Waals surface area (Å²) in [5.74, 6) is -1.10. The van der Waals surface area contributed by atoms with Crippen molar-refractivity contribution in [2.24, 2.45) is 0 Å². The van der Waals surface area contributed by atoms with Gasteiger partial charge in [0.25, 0.3) is 0 Å². The lowest BCUT2D eigenvalue weighted by Gasteiger charge is -2.34. The number of carbonyl (C=O) groups is 3. The SMILES string of the molecule is COC(=O)N(C1c2ccccc2-c2ccccc21)[C@H](CCCCNC(=O)OC(C)(C)C)C(=O)O. The highest BCUT2D eigenvalue weighted by atomic mass is 16.6. The van der Waals surface area contributed by atoms with Crippen LogP contribution in [0.25, 0.3) is 11.1 Å². The monoisotopic (exact) mass is 468 g/mol. The quantitative estimate of drug-likeness (QED) is 0.530. The number of aliphatic carboxylic acids is 1. The number of hydrogen-bond acceptors (Lipinski definition) is 5. The van der Waals surface area contributed by atoms with Gasteiger partial charge in [0.15, 0.2) is 0 Å². The minimum atomic E-state index is -1.10. The van der Waals surface area contributed by atoms with Gasteiger partial charge in [-0.25, -0.2) is 14.4 Å². The molecule has 2 amide bonds. The van der Waals surface area contributed by atoms with Crippen LogP contribution in [0.1, 0.15) is 57.2 Å². The summed E-state index contributed by atoms with van der Waals surface area (Å²) in [6.45, 7) is 5.69. The summed E-state index contributed by atoms with van der Waals surface area (Å²) in [5.41, 5.74) is 3.09. The van der Waals surface area contributed by atoms with E-state index in [1.54, 1.807) is 20.8 Å². The van der Waals surface area contributed by atoms with Crippen LogP contribution in [0.4, 0.5) is 9.59 Å². The third-order valence-electron chi connectivity index (χ3n) is 5.66. The molecular weight excluding hydrogens is 436 g/mol. The highest BCUT2D eigenvalue weighted by molar-refractivity contribution is 5.85. The molecule has 0 aliphatic heterocycles. The van der Waals surface area contributed by atoms with E-state index in [0.29, 0.717) is 19.4 Å². The van der Waals surface area contributed by atoms with Crippen LogP contribution in [-0.2, 0) is 14.3 Å². The van der Waals surface area contributed by atoms with Crippen LogP contribution in [0, 0.1) is 0 Å². The Kier molecular flexibility index (Phi) is 7.81. The van der Waals surface area contributed by atoms with Crippen LogP contribution in [0.2, 0.25) is 0 Å². The van der Waals surface area contributed by atoms with Gasteiger partial charge in [0, 0.05) is 6.54 Å². The van der Waals surface area contributed by atoms with Gasteiger partial charge in [-0.3, -0.25) is 4.90 Å². The molecule has 2 aromatic carbocycles. The fourth-order valence-electron chi connectivity index (χ4n) is 4.30. The molecule has 1 atom stereocenters. The average Bonchev–Trinajstić information content (AvgIpc) is 3.11. The van der Waals surface area contributed by atoms with Crippen molar-refractivity contribution in [2.75, 3.05) is 13.7 Å². The number of amides is 2. The zero-order valence-electron chi connectivity index (χ0n) is 20.0. The van der Waals surface area contributed by atoms with Gasteiger partial charge in [-0.05, 0) is 62.3 Å². The van der Waals surface area contributed by atoms with Gasteiger partial charge in [0.1, 0.15) is 11.6 Å². The van der Waals surface area contributed by atoms with Gasteiger partial charge >= 0.3 is 18.2 Å². The van der Waals surface area contributed by atoms with E-state index in [2.05, 4.69) is 5.32 Å². The first-order valence-corrected chi connectivity index (χ1v) is 11.4. The summed E-state index contributed by atoms with van der Waals surface area (Å²) < 4.78 is 10.2. The molecule has 0 bridgehead atoms. The molecule has 0 fully saturated rings. The van der Waals surface area contributed by atoms with Gasteiger partial charge in [-0.1, -0.05) is 48.5 Å². The molecule has 3 rings (SSSR count). The number of nitrogens with one attached hydrogen (secondary N) is 1. The van der Waals surface area contributed by atoms with Crippen LogP contribution in [0.5, 0.6) is 0 Å². The van der Waals surface area contributed by atoms with Crippen molar-refractivity contribution >= 4 is 18.2 Å². The smallest absolute Gasteiger partial charge is 0.411 e. The van der Waals surface area contributed by atoms with Crippen molar-refractivity contribution < 1.29 is 29.0 Å². The molecule has 0 saturated carbocycles. The minimum absolute atomic E-state index is 0.210. The van der Waals surface area contributed by atoms with Crippen LogP contribution >= 0.6 is 0 Å². The first-order valence-electron chi connectivity index (χ1n) is 11.4. The first-order chi connectivity index (χ1) is 16.1. The lowest BCUT2D eigenvalue weighted by molar-refractivity contribution is -0.143. The number of methoxy groups -OCH3 is 1. The molecule has 0 saturated heterocycles. The summed E-state index contributed by atoms with van der Waals surface area (Å²) in [4.78, 5) is 38.4.